The van der Waals surface area contributed by atoms with Crippen LogP contribution in [-0.2, 0) is 4.79 Å². The number of carbonyl (C=O) groups excluding carboxylic acids is 4. The third kappa shape index (κ3) is 4.18. The Bertz CT molecular complexity index is 798. The van der Waals surface area contributed by atoms with E-state index in [2.05, 4.69) is 5.32 Å². The van der Waals surface area contributed by atoms with Crippen LogP contribution in [0, 0.1) is 0 Å². The van der Waals surface area contributed by atoms with E-state index in [-0.39, 0.29) is 54.7 Å². The van der Waals surface area contributed by atoms with E-state index >= 15 is 0 Å². The minimum absolute atomic E-state index is 0. The van der Waals surface area contributed by atoms with Crippen LogP contribution >= 0.6 is 12.4 Å². The van der Waals surface area contributed by atoms with Gasteiger partial charge in [0.05, 0.1) is 11.1 Å². The summed E-state index contributed by atoms with van der Waals surface area (Å²) in [4.78, 5) is 51.7. The lowest BCUT2D eigenvalue weighted by molar-refractivity contribution is -0.121. The molecule has 1 atom stereocenters. The van der Waals surface area contributed by atoms with E-state index in [4.69, 9.17) is 5.73 Å². The second kappa shape index (κ2) is 9.16. The van der Waals surface area contributed by atoms with Crippen molar-refractivity contribution in [3.63, 3.8) is 0 Å². The first-order valence-corrected chi connectivity index (χ1v) is 9.18. The number of nitrogens with one attached hydrogen (secondary N) is 1. The maximum atomic E-state index is 13.0. The molecule has 2 heterocycles. The van der Waals surface area contributed by atoms with Crippen LogP contribution in [0.5, 0.6) is 0 Å². The third-order valence-electron chi connectivity index (χ3n) is 5.13. The fraction of sp³-hybridized carbons (Fsp3) is 0.474. The Morgan fingerprint density at radius 1 is 1.18 bits per heavy atom. The maximum Gasteiger partial charge on any atom is 0.261 e. The quantitative estimate of drug-likeness (QED) is 0.699. The first-order chi connectivity index (χ1) is 12.9. The molecule has 1 aromatic rings. The van der Waals surface area contributed by atoms with Gasteiger partial charge in [-0.25, -0.2) is 0 Å². The fourth-order valence-electron chi connectivity index (χ4n) is 3.59. The molecule has 0 spiro atoms. The zero-order chi connectivity index (χ0) is 19.6. The van der Waals surface area contributed by atoms with Gasteiger partial charge in [-0.05, 0) is 37.5 Å². The molecule has 4 amide bonds. The molecule has 9 heteroatoms. The number of amides is 4. The number of rotatable bonds is 5. The highest BCUT2D eigenvalue weighted by molar-refractivity contribution is 6.21. The SMILES string of the molecule is CN1C(=O)c2ccc(C(=O)N3CCCCC3CNC(=O)CCN)cc2C1=O.Cl. The van der Waals surface area contributed by atoms with Crippen LogP contribution in [0.2, 0.25) is 0 Å². The van der Waals surface area contributed by atoms with Gasteiger partial charge < -0.3 is 16.0 Å². The fourth-order valence-corrected chi connectivity index (χ4v) is 3.59. The number of nitrogens with zero attached hydrogens (tertiary/aromatic N) is 2. The molecule has 0 aromatic heterocycles. The van der Waals surface area contributed by atoms with Gasteiger partial charge in [-0.15, -0.1) is 12.4 Å². The summed E-state index contributed by atoms with van der Waals surface area (Å²) in [6, 6.07) is 4.53. The molecule has 0 radical (unpaired) electrons. The zero-order valence-corrected chi connectivity index (χ0v) is 16.6. The summed E-state index contributed by atoms with van der Waals surface area (Å²) in [5, 5.41) is 2.83. The normalized spacial score (nSPS) is 18.6. The number of carbonyl (C=O) groups is 4. The van der Waals surface area contributed by atoms with E-state index in [1.165, 1.54) is 19.2 Å². The van der Waals surface area contributed by atoms with Gasteiger partial charge in [0, 0.05) is 44.7 Å². The van der Waals surface area contributed by atoms with Crippen molar-refractivity contribution in [2.24, 2.45) is 5.73 Å². The van der Waals surface area contributed by atoms with Gasteiger partial charge >= 0.3 is 0 Å². The van der Waals surface area contributed by atoms with Crippen LogP contribution in [0.25, 0.3) is 0 Å². The van der Waals surface area contributed by atoms with Crippen molar-refractivity contribution in [2.75, 3.05) is 26.7 Å². The van der Waals surface area contributed by atoms with E-state index in [1.54, 1.807) is 11.0 Å². The van der Waals surface area contributed by atoms with Gasteiger partial charge in [-0.1, -0.05) is 0 Å². The minimum atomic E-state index is -0.395. The molecule has 2 aliphatic rings. The standard InChI is InChI=1S/C19H24N4O4.ClH/c1-22-18(26)14-6-5-12(10-15(14)19(22)27)17(25)23-9-3-2-4-13(23)11-21-16(24)7-8-20;/h5-6,10,13H,2-4,7-9,11,20H2,1H3,(H,21,24);1H. The number of fused-ring (bicyclic) bond motifs is 1. The van der Waals surface area contributed by atoms with Crippen LogP contribution < -0.4 is 11.1 Å². The Labute approximate surface area is 169 Å². The molecule has 0 aliphatic carbocycles. The predicted molar refractivity (Wildman–Crippen MR) is 105 cm³/mol. The predicted octanol–water partition coefficient (Wildman–Crippen LogP) is 0.794. The Kier molecular flexibility index (Phi) is 7.15. The van der Waals surface area contributed by atoms with E-state index in [0.29, 0.717) is 24.2 Å². The van der Waals surface area contributed by atoms with Crippen molar-refractivity contribution in [1.29, 1.82) is 0 Å². The van der Waals surface area contributed by atoms with Gasteiger partial charge in [0.15, 0.2) is 0 Å². The van der Waals surface area contributed by atoms with Crippen molar-refractivity contribution in [1.82, 2.24) is 15.1 Å². The first-order valence-electron chi connectivity index (χ1n) is 9.18. The molecule has 152 valence electrons. The molecule has 1 aromatic carbocycles. The number of piperidine rings is 1. The van der Waals surface area contributed by atoms with Crippen molar-refractivity contribution in [3.05, 3.63) is 34.9 Å². The molecule has 0 saturated carbocycles. The van der Waals surface area contributed by atoms with Crippen LogP contribution in [0.3, 0.4) is 0 Å². The highest BCUT2D eigenvalue weighted by atomic mass is 35.5. The molecular formula is C19H25ClN4O4. The summed E-state index contributed by atoms with van der Waals surface area (Å²) in [5.74, 6) is -1.06. The van der Waals surface area contributed by atoms with E-state index in [0.717, 1.165) is 24.2 Å². The van der Waals surface area contributed by atoms with Gasteiger partial charge in [0.2, 0.25) is 5.91 Å². The molecule has 3 rings (SSSR count). The average Bonchev–Trinajstić information content (AvgIpc) is 2.90. The summed E-state index contributed by atoms with van der Waals surface area (Å²) < 4.78 is 0. The lowest BCUT2D eigenvalue weighted by Gasteiger charge is -2.36. The van der Waals surface area contributed by atoms with E-state index in [1.807, 2.05) is 0 Å². The summed E-state index contributed by atoms with van der Waals surface area (Å²) in [6.45, 7) is 1.27. The number of nitrogens with two attached hydrogens (primary N) is 1. The molecule has 8 nitrogen and oxygen atoms in total. The zero-order valence-electron chi connectivity index (χ0n) is 15.8. The number of hydrogen-bond acceptors (Lipinski definition) is 5. The number of imide groups is 1. The highest BCUT2D eigenvalue weighted by Crippen LogP contribution is 2.25. The lowest BCUT2D eigenvalue weighted by atomic mass is 9.99. The van der Waals surface area contributed by atoms with Crippen molar-refractivity contribution in [2.45, 2.75) is 31.7 Å². The monoisotopic (exact) mass is 408 g/mol. The van der Waals surface area contributed by atoms with Gasteiger partial charge in [0.1, 0.15) is 0 Å². The van der Waals surface area contributed by atoms with E-state index < -0.39 is 5.91 Å². The summed E-state index contributed by atoms with van der Waals surface area (Å²) in [7, 11) is 1.43. The van der Waals surface area contributed by atoms with Crippen molar-refractivity contribution in [3.8, 4) is 0 Å². The molecule has 1 fully saturated rings. The molecular weight excluding hydrogens is 384 g/mol. The lowest BCUT2D eigenvalue weighted by Crippen LogP contribution is -2.49. The topological polar surface area (TPSA) is 113 Å². The Balaban J connectivity index is 0.00000280. The largest absolute Gasteiger partial charge is 0.354 e. The van der Waals surface area contributed by atoms with Crippen LogP contribution in [0.1, 0.15) is 56.8 Å². The number of likely N-dealkylation sites (tertiary alicyclic amines) is 1. The maximum absolute atomic E-state index is 13.0. The second-order valence-electron chi connectivity index (χ2n) is 6.92. The summed E-state index contributed by atoms with van der Waals surface area (Å²) in [5.41, 5.74) is 6.35. The number of benzene rings is 1. The molecule has 1 saturated heterocycles. The van der Waals surface area contributed by atoms with E-state index in [9.17, 15) is 19.2 Å². The average molecular weight is 409 g/mol. The smallest absolute Gasteiger partial charge is 0.261 e. The van der Waals surface area contributed by atoms with Crippen LogP contribution in [0.15, 0.2) is 18.2 Å². The third-order valence-corrected chi connectivity index (χ3v) is 5.13. The van der Waals surface area contributed by atoms with Gasteiger partial charge in [-0.3, -0.25) is 24.1 Å². The minimum Gasteiger partial charge on any atom is -0.354 e. The molecule has 0 bridgehead atoms. The molecule has 3 N–H and O–H groups in total. The molecule has 1 unspecified atom stereocenters. The molecule has 28 heavy (non-hydrogen) atoms. The van der Waals surface area contributed by atoms with Gasteiger partial charge in [-0.2, -0.15) is 0 Å². The van der Waals surface area contributed by atoms with Crippen LogP contribution in [0.4, 0.5) is 0 Å². The van der Waals surface area contributed by atoms with Crippen LogP contribution in [-0.4, -0.2) is 66.2 Å². The number of hydrogen-bond donors (Lipinski definition) is 2. The van der Waals surface area contributed by atoms with Crippen molar-refractivity contribution >= 4 is 36.0 Å². The van der Waals surface area contributed by atoms with Gasteiger partial charge in [0.25, 0.3) is 17.7 Å². The van der Waals surface area contributed by atoms with Crippen molar-refractivity contribution < 1.29 is 19.2 Å². The Morgan fingerprint density at radius 2 is 1.89 bits per heavy atom. The molecule has 2 aliphatic heterocycles. The second-order valence-corrected chi connectivity index (χ2v) is 6.92. The summed E-state index contributed by atoms with van der Waals surface area (Å²) >= 11 is 0. The highest BCUT2D eigenvalue weighted by Gasteiger charge is 2.34. The summed E-state index contributed by atoms with van der Waals surface area (Å²) in [6.07, 6.45) is 2.95. The Morgan fingerprint density at radius 3 is 2.61 bits per heavy atom. The number of halogens is 1. The first kappa shape index (κ1) is 21.8. The Hall–Kier alpha value is -2.45.